The Bertz CT molecular complexity index is 909. The molecule has 0 saturated heterocycles. The van der Waals surface area contributed by atoms with E-state index in [9.17, 15) is 14.0 Å². The Morgan fingerprint density at radius 2 is 2.20 bits per heavy atom. The van der Waals surface area contributed by atoms with Crippen molar-refractivity contribution in [3.05, 3.63) is 56.9 Å². The molecule has 8 heteroatoms. The summed E-state index contributed by atoms with van der Waals surface area (Å²) in [6.45, 7) is -0.110. The molecule has 0 fully saturated rings. The van der Waals surface area contributed by atoms with Crippen LogP contribution in [0.25, 0.3) is 11.1 Å². The first-order valence-corrected chi connectivity index (χ1v) is 5.68. The maximum Gasteiger partial charge on any atom is 0.328 e. The number of halogens is 1. The molecule has 2 heterocycles. The molecule has 0 atom stereocenters. The second kappa shape index (κ2) is 4.34. The molecule has 3 aromatic rings. The molecule has 0 amide bonds. The Morgan fingerprint density at radius 1 is 1.40 bits per heavy atom. The third kappa shape index (κ3) is 1.96. The van der Waals surface area contributed by atoms with Gasteiger partial charge < -0.3 is 10.2 Å². The van der Waals surface area contributed by atoms with Crippen LogP contribution >= 0.6 is 0 Å². The van der Waals surface area contributed by atoms with Crippen molar-refractivity contribution < 1.29 is 8.81 Å². The van der Waals surface area contributed by atoms with Gasteiger partial charge in [0.15, 0.2) is 5.58 Å². The number of para-hydroxylation sites is 1. The van der Waals surface area contributed by atoms with Gasteiger partial charge in [0.05, 0.1) is 11.9 Å². The number of H-pyrrole nitrogens is 1. The first-order chi connectivity index (χ1) is 9.54. The monoisotopic (exact) mass is 276 g/mol. The molecule has 0 aliphatic heterocycles. The number of hydrogen-bond donors (Lipinski definition) is 2. The zero-order chi connectivity index (χ0) is 14.3. The molecule has 2 aromatic heterocycles. The molecular formula is C12H9FN4O3. The van der Waals surface area contributed by atoms with Crippen LogP contribution in [0.2, 0.25) is 0 Å². The van der Waals surface area contributed by atoms with Crippen molar-refractivity contribution in [1.82, 2.24) is 14.5 Å². The zero-order valence-electron chi connectivity index (χ0n) is 10.1. The third-order valence-electron chi connectivity index (χ3n) is 2.77. The molecule has 0 saturated carbocycles. The van der Waals surface area contributed by atoms with Crippen LogP contribution in [-0.4, -0.2) is 14.5 Å². The zero-order valence-corrected chi connectivity index (χ0v) is 10.1. The van der Waals surface area contributed by atoms with Crippen LogP contribution in [0.3, 0.4) is 0 Å². The summed E-state index contributed by atoms with van der Waals surface area (Å²) >= 11 is 0. The number of rotatable bonds is 2. The summed E-state index contributed by atoms with van der Waals surface area (Å²) < 4.78 is 19.5. The SMILES string of the molecule is Nc1cccc2oc(Cn3cc(F)c(=O)[nH]c3=O)nc12. The van der Waals surface area contributed by atoms with Gasteiger partial charge in [-0.3, -0.25) is 14.3 Å². The lowest BCUT2D eigenvalue weighted by Gasteiger charge is -2.00. The molecule has 0 aliphatic rings. The molecule has 102 valence electrons. The number of nitrogen functional groups attached to an aromatic ring is 1. The highest BCUT2D eigenvalue weighted by Crippen LogP contribution is 2.21. The van der Waals surface area contributed by atoms with Crippen molar-refractivity contribution in [3.8, 4) is 0 Å². The fourth-order valence-corrected chi connectivity index (χ4v) is 1.83. The Balaban J connectivity index is 2.05. The molecule has 0 aliphatic carbocycles. The number of aromatic nitrogens is 3. The van der Waals surface area contributed by atoms with Crippen LogP contribution in [0.1, 0.15) is 5.89 Å². The quantitative estimate of drug-likeness (QED) is 0.661. The van der Waals surface area contributed by atoms with Gasteiger partial charge in [-0.2, -0.15) is 4.39 Å². The summed E-state index contributed by atoms with van der Waals surface area (Å²) in [4.78, 5) is 28.4. The van der Waals surface area contributed by atoms with E-state index in [0.29, 0.717) is 16.8 Å². The number of aromatic amines is 1. The van der Waals surface area contributed by atoms with Crippen molar-refractivity contribution in [2.24, 2.45) is 0 Å². The fraction of sp³-hybridized carbons (Fsp3) is 0.0833. The maximum absolute atomic E-state index is 13.2. The number of anilines is 1. The number of nitrogens with one attached hydrogen (secondary N) is 1. The first-order valence-electron chi connectivity index (χ1n) is 5.68. The van der Waals surface area contributed by atoms with E-state index in [1.54, 1.807) is 18.2 Å². The minimum atomic E-state index is -1.06. The number of oxazole rings is 1. The van der Waals surface area contributed by atoms with Crippen molar-refractivity contribution in [3.63, 3.8) is 0 Å². The Labute approximate surface area is 110 Å². The van der Waals surface area contributed by atoms with E-state index in [-0.39, 0.29) is 12.4 Å². The highest BCUT2D eigenvalue weighted by molar-refractivity contribution is 5.85. The number of fused-ring (bicyclic) bond motifs is 1. The van der Waals surface area contributed by atoms with Crippen molar-refractivity contribution in [1.29, 1.82) is 0 Å². The lowest BCUT2D eigenvalue weighted by molar-refractivity contribution is 0.488. The number of hydrogen-bond acceptors (Lipinski definition) is 5. The molecule has 0 spiro atoms. The number of nitrogens with zero attached hydrogens (tertiary/aromatic N) is 2. The second-order valence-electron chi connectivity index (χ2n) is 4.17. The standard InChI is InChI=1S/C12H9FN4O3/c13-6-4-17(12(19)16-11(6)18)5-9-15-10-7(14)2-1-3-8(10)20-9/h1-4H,5,14H2,(H,16,18,19). The predicted octanol–water partition coefficient (Wildman–Crippen LogP) is 0.447. The molecule has 0 unspecified atom stereocenters. The second-order valence-corrected chi connectivity index (χ2v) is 4.17. The van der Waals surface area contributed by atoms with E-state index < -0.39 is 17.1 Å². The molecule has 3 N–H and O–H groups in total. The van der Waals surface area contributed by atoms with Gasteiger partial charge in [0.25, 0.3) is 5.56 Å². The van der Waals surface area contributed by atoms with Crippen LogP contribution in [0.4, 0.5) is 10.1 Å². The summed E-state index contributed by atoms with van der Waals surface area (Å²) in [5, 5.41) is 0. The predicted molar refractivity (Wildman–Crippen MR) is 68.8 cm³/mol. The van der Waals surface area contributed by atoms with E-state index in [4.69, 9.17) is 10.2 Å². The van der Waals surface area contributed by atoms with Crippen LogP contribution < -0.4 is 17.0 Å². The van der Waals surface area contributed by atoms with E-state index >= 15 is 0 Å². The van der Waals surface area contributed by atoms with E-state index in [0.717, 1.165) is 10.8 Å². The normalized spacial score (nSPS) is 11.1. The van der Waals surface area contributed by atoms with Crippen molar-refractivity contribution in [2.75, 3.05) is 5.73 Å². The van der Waals surface area contributed by atoms with E-state index in [1.807, 2.05) is 4.98 Å². The molecule has 1 aromatic carbocycles. The number of nitrogens with two attached hydrogens (primary N) is 1. The maximum atomic E-state index is 13.2. The highest BCUT2D eigenvalue weighted by atomic mass is 19.1. The van der Waals surface area contributed by atoms with E-state index in [1.165, 1.54) is 0 Å². The minimum Gasteiger partial charge on any atom is -0.439 e. The Morgan fingerprint density at radius 3 is 2.95 bits per heavy atom. The van der Waals surface area contributed by atoms with Gasteiger partial charge in [0.1, 0.15) is 12.1 Å². The summed E-state index contributed by atoms with van der Waals surface area (Å²) in [7, 11) is 0. The van der Waals surface area contributed by atoms with Gasteiger partial charge in [0.2, 0.25) is 11.7 Å². The number of benzene rings is 1. The van der Waals surface area contributed by atoms with Crippen molar-refractivity contribution >= 4 is 16.8 Å². The largest absolute Gasteiger partial charge is 0.439 e. The van der Waals surface area contributed by atoms with Crippen LogP contribution in [0, 0.1) is 5.82 Å². The Hall–Kier alpha value is -2.90. The summed E-state index contributed by atoms with van der Waals surface area (Å²) in [6.07, 6.45) is 0.805. The molecule has 3 rings (SSSR count). The summed E-state index contributed by atoms with van der Waals surface area (Å²) in [5.41, 5.74) is 5.32. The molecule has 7 nitrogen and oxygen atoms in total. The van der Waals surface area contributed by atoms with Gasteiger partial charge in [0, 0.05) is 0 Å². The molecule has 0 bridgehead atoms. The first kappa shape index (κ1) is 12.2. The van der Waals surface area contributed by atoms with Crippen LogP contribution in [0.15, 0.2) is 38.4 Å². The smallest absolute Gasteiger partial charge is 0.328 e. The van der Waals surface area contributed by atoms with Gasteiger partial charge in [-0.05, 0) is 12.1 Å². The van der Waals surface area contributed by atoms with Gasteiger partial charge >= 0.3 is 5.69 Å². The molecule has 0 radical (unpaired) electrons. The molecular weight excluding hydrogens is 267 g/mol. The van der Waals surface area contributed by atoms with E-state index in [2.05, 4.69) is 4.98 Å². The lowest BCUT2D eigenvalue weighted by Crippen LogP contribution is -2.31. The van der Waals surface area contributed by atoms with Crippen LogP contribution in [-0.2, 0) is 6.54 Å². The van der Waals surface area contributed by atoms with Gasteiger partial charge in [-0.1, -0.05) is 6.07 Å². The Kier molecular flexibility index (Phi) is 2.63. The van der Waals surface area contributed by atoms with Gasteiger partial charge in [-0.15, -0.1) is 0 Å². The van der Waals surface area contributed by atoms with Crippen LogP contribution in [0.5, 0.6) is 0 Å². The summed E-state index contributed by atoms with van der Waals surface area (Å²) in [6, 6.07) is 5.05. The average Bonchev–Trinajstić information content (AvgIpc) is 2.80. The van der Waals surface area contributed by atoms with Gasteiger partial charge in [-0.25, -0.2) is 9.78 Å². The fourth-order valence-electron chi connectivity index (χ4n) is 1.83. The molecule has 20 heavy (non-hydrogen) atoms. The lowest BCUT2D eigenvalue weighted by atomic mass is 10.3. The third-order valence-corrected chi connectivity index (χ3v) is 2.77. The highest BCUT2D eigenvalue weighted by Gasteiger charge is 2.11. The topological polar surface area (TPSA) is 107 Å². The summed E-state index contributed by atoms with van der Waals surface area (Å²) in [5.74, 6) is -0.869. The average molecular weight is 276 g/mol. The van der Waals surface area contributed by atoms with Crippen molar-refractivity contribution in [2.45, 2.75) is 6.54 Å². The minimum absolute atomic E-state index is 0.110.